The summed E-state index contributed by atoms with van der Waals surface area (Å²) < 4.78 is 5.56. The number of aryl methyl sites for hydroxylation is 1. The molecule has 134 valence electrons. The topological polar surface area (TPSA) is 29.5 Å². The van der Waals surface area contributed by atoms with Gasteiger partial charge < -0.3 is 4.74 Å². The lowest BCUT2D eigenvalue weighted by Crippen LogP contribution is -2.43. The summed E-state index contributed by atoms with van der Waals surface area (Å²) in [7, 11) is 0. The molecule has 1 fully saturated rings. The van der Waals surface area contributed by atoms with Crippen LogP contribution in [-0.4, -0.2) is 23.1 Å². The van der Waals surface area contributed by atoms with Gasteiger partial charge in [0, 0.05) is 11.1 Å². The monoisotopic (exact) mass is 367 g/mol. The molecule has 2 bridgehead atoms. The smallest absolute Gasteiger partial charge is 0.410 e. The number of rotatable bonds is 3. The maximum Gasteiger partial charge on any atom is 0.410 e. The fourth-order valence-electron chi connectivity index (χ4n) is 3.99. The van der Waals surface area contributed by atoms with Crippen LogP contribution in [0.15, 0.2) is 54.6 Å². The molecule has 0 N–H and O–H groups in total. The first-order valence-electron chi connectivity index (χ1n) is 9.08. The molecule has 1 saturated heterocycles. The highest BCUT2D eigenvalue weighted by atomic mass is 35.5. The van der Waals surface area contributed by atoms with Crippen LogP contribution in [0.3, 0.4) is 0 Å². The number of hydrogen-bond acceptors (Lipinski definition) is 2. The van der Waals surface area contributed by atoms with Gasteiger partial charge in [0.1, 0.15) is 6.61 Å². The molecule has 0 saturated carbocycles. The zero-order chi connectivity index (χ0) is 18.1. The van der Waals surface area contributed by atoms with Crippen molar-refractivity contribution in [3.8, 4) is 0 Å². The van der Waals surface area contributed by atoms with Gasteiger partial charge in [-0.2, -0.15) is 0 Å². The average Bonchev–Trinajstić information content (AvgIpc) is 2.90. The molecule has 2 atom stereocenters. The maximum atomic E-state index is 12.6. The number of carbonyl (C=O) groups excluding carboxylic acids is 1. The first-order valence-corrected chi connectivity index (χ1v) is 9.46. The quantitative estimate of drug-likeness (QED) is 0.706. The predicted molar refractivity (Wildman–Crippen MR) is 104 cm³/mol. The van der Waals surface area contributed by atoms with Crippen molar-refractivity contribution >= 4 is 23.3 Å². The molecule has 4 heteroatoms. The van der Waals surface area contributed by atoms with Gasteiger partial charge in [-0.05, 0) is 54.5 Å². The number of amides is 1. The van der Waals surface area contributed by atoms with Crippen LogP contribution in [0.4, 0.5) is 4.79 Å². The van der Waals surface area contributed by atoms with Gasteiger partial charge in [0.2, 0.25) is 0 Å². The summed E-state index contributed by atoms with van der Waals surface area (Å²) in [6.45, 7) is 2.36. The minimum absolute atomic E-state index is 0.101. The van der Waals surface area contributed by atoms with Crippen molar-refractivity contribution in [1.82, 2.24) is 4.90 Å². The van der Waals surface area contributed by atoms with Crippen LogP contribution in [0, 0.1) is 6.92 Å². The van der Waals surface area contributed by atoms with E-state index in [2.05, 4.69) is 18.2 Å². The van der Waals surface area contributed by atoms with Crippen LogP contribution in [0.25, 0.3) is 5.57 Å². The number of nitrogens with zero attached hydrogens (tertiary/aromatic N) is 1. The van der Waals surface area contributed by atoms with E-state index in [4.69, 9.17) is 16.3 Å². The van der Waals surface area contributed by atoms with Crippen LogP contribution >= 0.6 is 11.6 Å². The molecule has 0 aliphatic carbocycles. The fraction of sp³-hybridized carbons (Fsp3) is 0.318. The molecule has 1 amide bonds. The number of ether oxygens (including phenoxy) is 1. The number of halogens is 1. The van der Waals surface area contributed by atoms with Crippen molar-refractivity contribution < 1.29 is 9.53 Å². The normalized spacial score (nSPS) is 21.5. The molecule has 2 aromatic rings. The van der Waals surface area contributed by atoms with Crippen LogP contribution < -0.4 is 0 Å². The van der Waals surface area contributed by atoms with E-state index in [0.717, 1.165) is 41.0 Å². The maximum absolute atomic E-state index is 12.6. The Hall–Kier alpha value is -2.26. The van der Waals surface area contributed by atoms with Gasteiger partial charge in [0.15, 0.2) is 0 Å². The molecular formula is C22H22ClNO2. The lowest BCUT2D eigenvalue weighted by atomic mass is 9.94. The Morgan fingerprint density at radius 1 is 1.19 bits per heavy atom. The van der Waals surface area contributed by atoms with Gasteiger partial charge in [-0.25, -0.2) is 4.79 Å². The Labute approximate surface area is 159 Å². The third kappa shape index (κ3) is 3.36. The highest BCUT2D eigenvalue weighted by Crippen LogP contribution is 2.40. The molecule has 2 heterocycles. The largest absolute Gasteiger partial charge is 0.445 e. The van der Waals surface area contributed by atoms with E-state index in [1.165, 1.54) is 5.57 Å². The Kier molecular flexibility index (Phi) is 4.73. The lowest BCUT2D eigenvalue weighted by molar-refractivity contribution is 0.0832. The van der Waals surface area contributed by atoms with Crippen LogP contribution in [0.1, 0.15) is 36.0 Å². The summed E-state index contributed by atoms with van der Waals surface area (Å²) in [6, 6.07) is 16.3. The molecular weight excluding hydrogens is 346 g/mol. The van der Waals surface area contributed by atoms with E-state index in [-0.39, 0.29) is 18.2 Å². The van der Waals surface area contributed by atoms with E-state index >= 15 is 0 Å². The third-order valence-corrected chi connectivity index (χ3v) is 5.59. The molecule has 2 aromatic carbocycles. The highest BCUT2D eigenvalue weighted by Gasteiger charge is 2.40. The molecule has 2 aliphatic heterocycles. The van der Waals surface area contributed by atoms with E-state index in [1.54, 1.807) is 0 Å². The second-order valence-corrected chi connectivity index (χ2v) is 7.53. The molecule has 2 aliphatic rings. The van der Waals surface area contributed by atoms with Crippen molar-refractivity contribution in [3.05, 3.63) is 76.3 Å². The average molecular weight is 368 g/mol. The number of benzene rings is 2. The van der Waals surface area contributed by atoms with E-state index in [9.17, 15) is 4.79 Å². The summed E-state index contributed by atoms with van der Waals surface area (Å²) in [6.07, 6.45) is 4.81. The molecule has 4 rings (SSSR count). The first kappa shape index (κ1) is 17.2. The zero-order valence-electron chi connectivity index (χ0n) is 14.8. The van der Waals surface area contributed by atoms with Crippen molar-refractivity contribution in [3.63, 3.8) is 0 Å². The van der Waals surface area contributed by atoms with Crippen molar-refractivity contribution in [2.24, 2.45) is 0 Å². The molecule has 0 radical (unpaired) electrons. The Bertz CT molecular complexity index is 846. The van der Waals surface area contributed by atoms with Crippen molar-refractivity contribution in [2.75, 3.05) is 0 Å². The fourth-order valence-corrected chi connectivity index (χ4v) is 4.35. The van der Waals surface area contributed by atoms with Gasteiger partial charge >= 0.3 is 6.09 Å². The van der Waals surface area contributed by atoms with Gasteiger partial charge in [-0.1, -0.05) is 60.1 Å². The van der Waals surface area contributed by atoms with E-state index < -0.39 is 0 Å². The minimum atomic E-state index is -0.216. The van der Waals surface area contributed by atoms with Gasteiger partial charge in [-0.3, -0.25) is 4.90 Å². The van der Waals surface area contributed by atoms with Crippen molar-refractivity contribution in [2.45, 2.75) is 44.9 Å². The lowest BCUT2D eigenvalue weighted by Gasteiger charge is -2.33. The molecule has 26 heavy (non-hydrogen) atoms. The molecule has 0 aromatic heterocycles. The second kappa shape index (κ2) is 7.16. The second-order valence-electron chi connectivity index (χ2n) is 7.13. The standard InChI is InChI=1S/C22H22ClNO2/c1-15-7-10-20(21(23)11-15)17-12-18-8-9-19(13-17)24(18)22(25)26-14-16-5-3-2-4-6-16/h2-7,10-12,18-19H,8-9,13-14H2,1H3. The molecule has 2 unspecified atom stereocenters. The summed E-state index contributed by atoms with van der Waals surface area (Å²) in [5, 5.41) is 0.788. The number of carbonyl (C=O) groups is 1. The Balaban J connectivity index is 1.49. The van der Waals surface area contributed by atoms with Crippen LogP contribution in [0.2, 0.25) is 5.02 Å². The van der Waals surface area contributed by atoms with Crippen LogP contribution in [0.5, 0.6) is 0 Å². The summed E-state index contributed by atoms with van der Waals surface area (Å²) in [4.78, 5) is 14.5. The molecule has 3 nitrogen and oxygen atoms in total. The number of fused-ring (bicyclic) bond motifs is 2. The van der Waals surface area contributed by atoms with Crippen molar-refractivity contribution in [1.29, 1.82) is 0 Å². The Morgan fingerprint density at radius 3 is 2.73 bits per heavy atom. The SMILES string of the molecule is Cc1ccc(C2=CC3CCC(C2)N3C(=O)OCc2ccccc2)c(Cl)c1. The molecule has 0 spiro atoms. The van der Waals surface area contributed by atoms with Crippen LogP contribution in [-0.2, 0) is 11.3 Å². The van der Waals surface area contributed by atoms with E-state index in [0.29, 0.717) is 6.61 Å². The summed E-state index contributed by atoms with van der Waals surface area (Å²) in [5.74, 6) is 0. The first-order chi connectivity index (χ1) is 12.6. The van der Waals surface area contributed by atoms with Gasteiger partial charge in [0.25, 0.3) is 0 Å². The third-order valence-electron chi connectivity index (χ3n) is 5.28. The Morgan fingerprint density at radius 2 is 2.00 bits per heavy atom. The van der Waals surface area contributed by atoms with E-state index in [1.807, 2.05) is 48.2 Å². The van der Waals surface area contributed by atoms with Gasteiger partial charge in [0.05, 0.1) is 6.04 Å². The number of hydrogen-bond donors (Lipinski definition) is 0. The highest BCUT2D eigenvalue weighted by molar-refractivity contribution is 6.32. The minimum Gasteiger partial charge on any atom is -0.445 e. The zero-order valence-corrected chi connectivity index (χ0v) is 15.6. The predicted octanol–water partition coefficient (Wildman–Crippen LogP) is 5.61. The summed E-state index contributed by atoms with van der Waals surface area (Å²) in [5.41, 5.74) is 4.50. The van der Waals surface area contributed by atoms with Gasteiger partial charge in [-0.15, -0.1) is 0 Å². The summed E-state index contributed by atoms with van der Waals surface area (Å²) >= 11 is 6.45.